The number of hydrogen-bond acceptors (Lipinski definition) is 5. The van der Waals surface area contributed by atoms with Crippen LogP contribution in [0.1, 0.15) is 20.4 Å². The van der Waals surface area contributed by atoms with Crippen molar-refractivity contribution in [3.8, 4) is 0 Å². The van der Waals surface area contributed by atoms with Crippen LogP contribution in [0.3, 0.4) is 0 Å². The molecule has 148 valence electrons. The van der Waals surface area contributed by atoms with Gasteiger partial charge in [-0.25, -0.2) is 4.98 Å². The summed E-state index contributed by atoms with van der Waals surface area (Å²) in [7, 11) is 1.77. The van der Waals surface area contributed by atoms with Gasteiger partial charge in [0.2, 0.25) is 0 Å². The van der Waals surface area contributed by atoms with Crippen LogP contribution < -0.4 is 16.4 Å². The molecule has 1 aliphatic rings. The fourth-order valence-electron chi connectivity index (χ4n) is 3.19. The van der Waals surface area contributed by atoms with Gasteiger partial charge in [0.15, 0.2) is 11.0 Å². The van der Waals surface area contributed by atoms with Crippen LogP contribution in [0.2, 0.25) is 0 Å². The van der Waals surface area contributed by atoms with Gasteiger partial charge in [0, 0.05) is 30.6 Å². The lowest BCUT2D eigenvalue weighted by Crippen LogP contribution is -2.39. The Morgan fingerprint density at radius 1 is 1.14 bits per heavy atom. The van der Waals surface area contributed by atoms with E-state index in [0.717, 1.165) is 35.2 Å². The summed E-state index contributed by atoms with van der Waals surface area (Å²) in [6.07, 6.45) is 0.766. The quantitative estimate of drug-likeness (QED) is 0.352. The summed E-state index contributed by atoms with van der Waals surface area (Å²) < 4.78 is 0. The normalized spacial score (nSPS) is 13.7. The van der Waals surface area contributed by atoms with E-state index in [9.17, 15) is 4.79 Å². The molecule has 2 heterocycles. The number of anilines is 3. The largest absolute Gasteiger partial charge is 0.397 e. The van der Waals surface area contributed by atoms with Crippen molar-refractivity contribution in [1.82, 2.24) is 9.88 Å². The molecule has 7 nitrogen and oxygen atoms in total. The second-order valence-corrected chi connectivity index (χ2v) is 7.72. The summed E-state index contributed by atoms with van der Waals surface area (Å²) in [5, 5.41) is 6.66. The second kappa shape index (κ2) is 8.32. The minimum absolute atomic E-state index is 0.236. The van der Waals surface area contributed by atoms with E-state index in [4.69, 9.17) is 5.73 Å². The van der Waals surface area contributed by atoms with Crippen LogP contribution in [0.5, 0.6) is 0 Å². The van der Waals surface area contributed by atoms with Crippen molar-refractivity contribution < 1.29 is 4.79 Å². The van der Waals surface area contributed by atoms with Crippen LogP contribution in [0.15, 0.2) is 59.6 Å². The number of guanidine groups is 1. The summed E-state index contributed by atoms with van der Waals surface area (Å²) in [4.78, 5) is 24.9. The molecule has 4 rings (SSSR count). The van der Waals surface area contributed by atoms with E-state index in [1.54, 1.807) is 19.2 Å². The van der Waals surface area contributed by atoms with Gasteiger partial charge in [-0.3, -0.25) is 9.79 Å². The van der Waals surface area contributed by atoms with Crippen molar-refractivity contribution in [1.29, 1.82) is 0 Å². The molecular formula is C21H22N6OS. The third kappa shape index (κ3) is 4.22. The highest BCUT2D eigenvalue weighted by Crippen LogP contribution is 2.27. The smallest absolute Gasteiger partial charge is 0.284 e. The number of benzene rings is 2. The highest BCUT2D eigenvalue weighted by molar-refractivity contribution is 7.13. The van der Waals surface area contributed by atoms with E-state index in [-0.39, 0.29) is 5.91 Å². The SMILES string of the molecule is CN=C(Nc1ccccc1)N1CCc2nc(C(=O)Nc3ccccc3N)sc2C1. The highest BCUT2D eigenvalue weighted by atomic mass is 32.1. The molecule has 2 aromatic carbocycles. The number of thiazole rings is 1. The lowest BCUT2D eigenvalue weighted by atomic mass is 10.2. The maximum Gasteiger partial charge on any atom is 0.284 e. The Labute approximate surface area is 173 Å². The van der Waals surface area contributed by atoms with Crippen LogP contribution in [0.4, 0.5) is 17.1 Å². The molecule has 8 heteroatoms. The van der Waals surface area contributed by atoms with Gasteiger partial charge in [-0.1, -0.05) is 30.3 Å². The number of nitrogens with zero attached hydrogens (tertiary/aromatic N) is 3. The molecule has 0 saturated carbocycles. The molecular weight excluding hydrogens is 384 g/mol. The maximum atomic E-state index is 12.6. The average molecular weight is 407 g/mol. The first-order valence-electron chi connectivity index (χ1n) is 9.32. The van der Waals surface area contributed by atoms with Crippen molar-refractivity contribution >= 4 is 40.3 Å². The standard InChI is InChI=1S/C21H22N6OS/c1-23-21(24-14-7-3-2-4-8-14)27-12-11-17-18(13-27)29-20(26-17)19(28)25-16-10-6-5-9-15(16)22/h2-10H,11-13,22H2,1H3,(H,23,24)(H,25,28). The van der Waals surface area contributed by atoms with Gasteiger partial charge in [-0.2, -0.15) is 0 Å². The van der Waals surface area contributed by atoms with Crippen LogP contribution >= 0.6 is 11.3 Å². The molecule has 0 aliphatic carbocycles. The van der Waals surface area contributed by atoms with Crippen molar-refractivity contribution in [2.75, 3.05) is 30.0 Å². The summed E-state index contributed by atoms with van der Waals surface area (Å²) in [6, 6.07) is 17.2. The Morgan fingerprint density at radius 2 is 1.90 bits per heavy atom. The average Bonchev–Trinajstić information content (AvgIpc) is 3.18. The lowest BCUT2D eigenvalue weighted by Gasteiger charge is -2.29. The number of rotatable bonds is 3. The molecule has 1 aromatic heterocycles. The highest BCUT2D eigenvalue weighted by Gasteiger charge is 2.25. The van der Waals surface area contributed by atoms with E-state index in [1.807, 2.05) is 42.5 Å². The van der Waals surface area contributed by atoms with E-state index in [2.05, 4.69) is 25.5 Å². The van der Waals surface area contributed by atoms with Gasteiger partial charge < -0.3 is 21.3 Å². The Hall–Kier alpha value is -3.39. The molecule has 4 N–H and O–H groups in total. The number of nitrogens with one attached hydrogen (secondary N) is 2. The number of aliphatic imine (C=N–C) groups is 1. The molecule has 1 amide bonds. The second-order valence-electron chi connectivity index (χ2n) is 6.64. The third-order valence-electron chi connectivity index (χ3n) is 4.68. The number of para-hydroxylation sites is 3. The molecule has 0 atom stereocenters. The molecule has 1 aliphatic heterocycles. The minimum atomic E-state index is -0.236. The van der Waals surface area contributed by atoms with Crippen molar-refractivity contribution in [2.24, 2.45) is 4.99 Å². The zero-order chi connectivity index (χ0) is 20.2. The first kappa shape index (κ1) is 18.9. The van der Waals surface area contributed by atoms with Crippen LogP contribution in [-0.2, 0) is 13.0 Å². The molecule has 0 radical (unpaired) electrons. The number of amides is 1. The third-order valence-corrected chi connectivity index (χ3v) is 5.76. The molecule has 3 aromatic rings. The summed E-state index contributed by atoms with van der Waals surface area (Å²) in [5.41, 5.74) is 9.01. The van der Waals surface area contributed by atoms with Crippen LogP contribution in [-0.4, -0.2) is 35.3 Å². The summed E-state index contributed by atoms with van der Waals surface area (Å²) in [6.45, 7) is 1.45. The topological polar surface area (TPSA) is 95.6 Å². The van der Waals surface area contributed by atoms with Gasteiger partial charge >= 0.3 is 0 Å². The van der Waals surface area contributed by atoms with Gasteiger partial charge in [-0.15, -0.1) is 11.3 Å². The van der Waals surface area contributed by atoms with Crippen molar-refractivity contribution in [3.05, 3.63) is 70.2 Å². The van der Waals surface area contributed by atoms with E-state index in [1.165, 1.54) is 11.3 Å². The van der Waals surface area contributed by atoms with Gasteiger partial charge in [0.1, 0.15) is 0 Å². The number of carbonyl (C=O) groups excluding carboxylic acids is 1. The van der Waals surface area contributed by atoms with Crippen LogP contribution in [0.25, 0.3) is 0 Å². The number of hydrogen-bond donors (Lipinski definition) is 3. The number of nitrogens with two attached hydrogens (primary N) is 1. The van der Waals surface area contributed by atoms with E-state index in [0.29, 0.717) is 22.9 Å². The Bertz CT molecular complexity index is 1050. The van der Waals surface area contributed by atoms with E-state index < -0.39 is 0 Å². The van der Waals surface area contributed by atoms with Gasteiger partial charge in [-0.05, 0) is 24.3 Å². The zero-order valence-corrected chi connectivity index (χ0v) is 16.9. The van der Waals surface area contributed by atoms with Crippen LogP contribution in [0, 0.1) is 0 Å². The molecule has 0 spiro atoms. The number of carbonyl (C=O) groups is 1. The van der Waals surface area contributed by atoms with Gasteiger partial charge in [0.25, 0.3) is 5.91 Å². The Balaban J connectivity index is 1.47. The molecule has 29 heavy (non-hydrogen) atoms. The minimum Gasteiger partial charge on any atom is -0.397 e. The zero-order valence-electron chi connectivity index (χ0n) is 16.1. The molecule has 0 fully saturated rings. The first-order chi connectivity index (χ1) is 14.1. The predicted octanol–water partition coefficient (Wildman–Crippen LogP) is 3.43. The summed E-state index contributed by atoms with van der Waals surface area (Å²) >= 11 is 1.42. The predicted molar refractivity (Wildman–Crippen MR) is 118 cm³/mol. The fraction of sp³-hybridized carbons (Fsp3) is 0.190. The van der Waals surface area contributed by atoms with E-state index >= 15 is 0 Å². The fourth-order valence-corrected chi connectivity index (χ4v) is 4.21. The maximum absolute atomic E-state index is 12.6. The van der Waals surface area contributed by atoms with Crippen molar-refractivity contribution in [2.45, 2.75) is 13.0 Å². The summed E-state index contributed by atoms with van der Waals surface area (Å²) in [5.74, 6) is 0.568. The Kier molecular flexibility index (Phi) is 5.44. The first-order valence-corrected chi connectivity index (χ1v) is 10.1. The monoisotopic (exact) mass is 406 g/mol. The molecule has 0 bridgehead atoms. The molecule has 0 saturated heterocycles. The van der Waals surface area contributed by atoms with Gasteiger partial charge in [0.05, 0.1) is 23.6 Å². The number of nitrogen functional groups attached to an aromatic ring is 1. The lowest BCUT2D eigenvalue weighted by molar-refractivity contribution is 0.102. The number of fused-ring (bicyclic) bond motifs is 1. The number of aromatic nitrogens is 1. The molecule has 0 unspecified atom stereocenters. The Morgan fingerprint density at radius 3 is 2.66 bits per heavy atom. The van der Waals surface area contributed by atoms with Crippen molar-refractivity contribution in [3.63, 3.8) is 0 Å².